The first-order valence-electron chi connectivity index (χ1n) is 11.1. The Morgan fingerprint density at radius 2 is 1.97 bits per heavy atom. The number of likely N-dealkylation sites (N-methyl/N-ethyl adjacent to an activating group) is 1. The second-order valence-electron chi connectivity index (χ2n) is 9.05. The van der Waals surface area contributed by atoms with Gasteiger partial charge in [-0.1, -0.05) is 0 Å². The molecular formula is C23H28FN5O2. The molecular weight excluding hydrogens is 397 g/mol. The maximum atomic E-state index is 14.3. The maximum absolute atomic E-state index is 14.3. The number of anilines is 1. The minimum absolute atomic E-state index is 0.123. The van der Waals surface area contributed by atoms with Gasteiger partial charge in [0.25, 0.3) is 11.5 Å². The SMILES string of the molecule is CN1CCCN(C(=O)c2ccc3n(c2=O)C[C@H]2C[C@@H]3CN(c3ncccc3F)C2)CC1. The number of hydrogen-bond acceptors (Lipinski definition) is 5. The van der Waals surface area contributed by atoms with E-state index in [-0.39, 0.29) is 34.7 Å². The molecule has 5 heterocycles. The van der Waals surface area contributed by atoms with Crippen molar-refractivity contribution in [3.05, 3.63) is 57.9 Å². The summed E-state index contributed by atoms with van der Waals surface area (Å²) in [6, 6.07) is 6.66. The summed E-state index contributed by atoms with van der Waals surface area (Å²) in [5, 5.41) is 0. The Labute approximate surface area is 181 Å². The molecule has 2 saturated heterocycles. The van der Waals surface area contributed by atoms with Crippen molar-refractivity contribution in [2.45, 2.75) is 25.3 Å². The highest BCUT2D eigenvalue weighted by atomic mass is 19.1. The molecule has 2 atom stereocenters. The van der Waals surface area contributed by atoms with Gasteiger partial charge in [-0.15, -0.1) is 0 Å². The molecule has 8 heteroatoms. The second kappa shape index (κ2) is 8.07. The summed E-state index contributed by atoms with van der Waals surface area (Å²) < 4.78 is 16.1. The topological polar surface area (TPSA) is 61.7 Å². The predicted octanol–water partition coefficient (Wildman–Crippen LogP) is 1.78. The average molecular weight is 426 g/mol. The fourth-order valence-electron chi connectivity index (χ4n) is 5.31. The molecule has 0 saturated carbocycles. The van der Waals surface area contributed by atoms with Gasteiger partial charge in [0.15, 0.2) is 11.6 Å². The quantitative estimate of drug-likeness (QED) is 0.734. The first-order valence-corrected chi connectivity index (χ1v) is 11.1. The highest BCUT2D eigenvalue weighted by molar-refractivity contribution is 5.94. The Hall–Kier alpha value is -2.74. The molecule has 2 bridgehead atoms. The van der Waals surface area contributed by atoms with Crippen molar-refractivity contribution in [2.75, 3.05) is 51.2 Å². The van der Waals surface area contributed by atoms with Crippen LogP contribution >= 0.6 is 0 Å². The van der Waals surface area contributed by atoms with Crippen LogP contribution in [-0.2, 0) is 6.54 Å². The van der Waals surface area contributed by atoms with Gasteiger partial charge in [0.1, 0.15) is 5.56 Å². The van der Waals surface area contributed by atoms with E-state index < -0.39 is 0 Å². The Morgan fingerprint density at radius 3 is 2.81 bits per heavy atom. The van der Waals surface area contributed by atoms with Gasteiger partial charge < -0.3 is 19.3 Å². The van der Waals surface area contributed by atoms with Crippen LogP contribution < -0.4 is 10.5 Å². The summed E-state index contributed by atoms with van der Waals surface area (Å²) in [6.07, 6.45) is 3.49. The molecule has 0 N–H and O–H groups in total. The van der Waals surface area contributed by atoms with Gasteiger partial charge in [-0.25, -0.2) is 9.37 Å². The number of rotatable bonds is 2. The monoisotopic (exact) mass is 425 g/mol. The number of nitrogens with zero attached hydrogens (tertiary/aromatic N) is 5. The van der Waals surface area contributed by atoms with Gasteiger partial charge in [0.2, 0.25) is 0 Å². The molecule has 5 rings (SSSR count). The smallest absolute Gasteiger partial charge is 0.263 e. The molecule has 1 amide bonds. The fraction of sp³-hybridized carbons (Fsp3) is 0.522. The molecule has 0 radical (unpaired) electrons. The van der Waals surface area contributed by atoms with Gasteiger partial charge in [0.05, 0.1) is 0 Å². The van der Waals surface area contributed by atoms with Crippen LogP contribution in [0.25, 0.3) is 0 Å². The van der Waals surface area contributed by atoms with Crippen LogP contribution in [0, 0.1) is 11.7 Å². The molecule has 3 aliphatic rings. The van der Waals surface area contributed by atoms with E-state index in [1.54, 1.807) is 22.9 Å². The van der Waals surface area contributed by atoms with E-state index in [1.165, 1.54) is 6.07 Å². The van der Waals surface area contributed by atoms with Crippen molar-refractivity contribution in [3.63, 3.8) is 0 Å². The summed E-state index contributed by atoms with van der Waals surface area (Å²) >= 11 is 0. The zero-order chi connectivity index (χ0) is 21.5. The molecule has 0 spiro atoms. The standard InChI is InChI=1S/C23H28FN5O2/c1-26-8-3-9-27(11-10-26)22(30)18-5-6-20-17-12-16(14-29(20)23(18)31)13-28(15-17)21-19(24)4-2-7-25-21/h2,4-7,16-17H,3,8-15H2,1H3/t16-,17+/m0/s1. The van der Waals surface area contributed by atoms with E-state index in [9.17, 15) is 14.0 Å². The van der Waals surface area contributed by atoms with Crippen molar-refractivity contribution in [3.8, 4) is 0 Å². The molecule has 2 aromatic heterocycles. The molecule has 0 unspecified atom stereocenters. The van der Waals surface area contributed by atoms with Crippen molar-refractivity contribution in [1.82, 2.24) is 19.4 Å². The Kier molecular flexibility index (Phi) is 5.25. The number of fused-ring (bicyclic) bond motifs is 4. The molecule has 0 aliphatic carbocycles. The average Bonchev–Trinajstić information content (AvgIpc) is 2.99. The molecule has 7 nitrogen and oxygen atoms in total. The number of amides is 1. The molecule has 2 fully saturated rings. The van der Waals surface area contributed by atoms with Crippen molar-refractivity contribution >= 4 is 11.7 Å². The molecule has 0 aromatic carbocycles. The maximum Gasteiger partial charge on any atom is 0.263 e. The summed E-state index contributed by atoms with van der Waals surface area (Å²) in [5.74, 6) is 0.249. The lowest BCUT2D eigenvalue weighted by Gasteiger charge is -2.43. The highest BCUT2D eigenvalue weighted by Gasteiger charge is 2.36. The van der Waals surface area contributed by atoms with Crippen LogP contribution in [0.15, 0.2) is 35.3 Å². The largest absolute Gasteiger partial charge is 0.353 e. The lowest BCUT2D eigenvalue weighted by molar-refractivity contribution is 0.0759. The van der Waals surface area contributed by atoms with E-state index in [0.717, 1.165) is 31.6 Å². The number of carbonyl (C=O) groups is 1. The summed E-state index contributed by atoms with van der Waals surface area (Å²) in [7, 11) is 2.06. The van der Waals surface area contributed by atoms with Gasteiger partial charge in [-0.3, -0.25) is 9.59 Å². The number of halogens is 1. The minimum Gasteiger partial charge on any atom is -0.353 e. The Morgan fingerprint density at radius 1 is 1.10 bits per heavy atom. The molecule has 31 heavy (non-hydrogen) atoms. The van der Waals surface area contributed by atoms with Gasteiger partial charge in [-0.05, 0) is 56.6 Å². The van der Waals surface area contributed by atoms with Crippen LogP contribution in [0.4, 0.5) is 10.2 Å². The number of piperidine rings is 1. The molecule has 3 aliphatic heterocycles. The van der Waals surface area contributed by atoms with Crippen LogP contribution in [-0.4, -0.2) is 71.6 Å². The summed E-state index contributed by atoms with van der Waals surface area (Å²) in [5.41, 5.74) is 1.02. The highest BCUT2D eigenvalue weighted by Crippen LogP contribution is 2.37. The van der Waals surface area contributed by atoms with Crippen molar-refractivity contribution in [2.24, 2.45) is 5.92 Å². The van der Waals surface area contributed by atoms with E-state index in [4.69, 9.17) is 0 Å². The van der Waals surface area contributed by atoms with E-state index in [0.29, 0.717) is 38.5 Å². The van der Waals surface area contributed by atoms with Crippen LogP contribution in [0.5, 0.6) is 0 Å². The van der Waals surface area contributed by atoms with Gasteiger partial charge in [0, 0.05) is 57.1 Å². The normalized spacial score (nSPS) is 23.9. The fourth-order valence-corrected chi connectivity index (χ4v) is 5.31. The molecule has 2 aromatic rings. The lowest BCUT2D eigenvalue weighted by Crippen LogP contribution is -2.49. The van der Waals surface area contributed by atoms with Crippen LogP contribution in [0.2, 0.25) is 0 Å². The lowest BCUT2D eigenvalue weighted by atomic mass is 9.83. The second-order valence-corrected chi connectivity index (χ2v) is 9.05. The Bertz CT molecular complexity index is 1050. The number of hydrogen-bond donors (Lipinski definition) is 0. The third-order valence-corrected chi connectivity index (χ3v) is 6.88. The first-order chi connectivity index (χ1) is 15.0. The van der Waals surface area contributed by atoms with Crippen LogP contribution in [0.1, 0.15) is 34.8 Å². The van der Waals surface area contributed by atoms with Gasteiger partial charge >= 0.3 is 0 Å². The van der Waals surface area contributed by atoms with E-state index >= 15 is 0 Å². The number of aromatic nitrogens is 2. The van der Waals surface area contributed by atoms with Crippen LogP contribution in [0.3, 0.4) is 0 Å². The van der Waals surface area contributed by atoms with E-state index in [1.807, 2.05) is 15.9 Å². The minimum atomic E-state index is -0.316. The summed E-state index contributed by atoms with van der Waals surface area (Å²) in [6.45, 7) is 4.94. The van der Waals surface area contributed by atoms with Crippen molar-refractivity contribution < 1.29 is 9.18 Å². The number of pyridine rings is 2. The Balaban J connectivity index is 1.41. The molecule has 164 valence electrons. The third-order valence-electron chi connectivity index (χ3n) is 6.88. The van der Waals surface area contributed by atoms with Crippen molar-refractivity contribution in [1.29, 1.82) is 0 Å². The number of carbonyl (C=O) groups excluding carboxylic acids is 1. The predicted molar refractivity (Wildman–Crippen MR) is 116 cm³/mol. The van der Waals surface area contributed by atoms with Gasteiger partial charge in [-0.2, -0.15) is 0 Å². The zero-order valence-electron chi connectivity index (χ0n) is 17.8. The van der Waals surface area contributed by atoms with E-state index in [2.05, 4.69) is 16.9 Å². The zero-order valence-corrected chi connectivity index (χ0v) is 17.8. The first kappa shape index (κ1) is 20.2. The summed E-state index contributed by atoms with van der Waals surface area (Å²) in [4.78, 5) is 36.7. The third kappa shape index (κ3) is 3.73.